The van der Waals surface area contributed by atoms with Crippen LogP contribution in [0, 0.1) is 6.92 Å². The molecule has 0 aromatic carbocycles. The average Bonchev–Trinajstić information content (AvgIpc) is 2.54. The normalized spacial score (nSPS) is 24.2. The minimum absolute atomic E-state index is 0.0937. The number of hydrogen-bond acceptors (Lipinski definition) is 5. The summed E-state index contributed by atoms with van der Waals surface area (Å²) >= 11 is 0. The third-order valence-corrected chi connectivity index (χ3v) is 1.78. The molecule has 0 unspecified atom stereocenters. The Hall–Kier alpha value is -0.940. The average molecular weight is 169 g/mol. The summed E-state index contributed by atoms with van der Waals surface area (Å²) in [5.41, 5.74) is 0. The highest BCUT2D eigenvalue weighted by Crippen LogP contribution is 2.11. The Kier molecular flexibility index (Phi) is 2.05. The molecule has 1 aromatic rings. The zero-order valence-corrected chi connectivity index (χ0v) is 6.91. The van der Waals surface area contributed by atoms with Gasteiger partial charge in [-0.25, -0.2) is 0 Å². The molecule has 0 radical (unpaired) electrons. The molecule has 1 aromatic heterocycles. The second-order valence-electron chi connectivity index (χ2n) is 2.75. The lowest BCUT2D eigenvalue weighted by Crippen LogP contribution is -2.35. The van der Waals surface area contributed by atoms with Crippen molar-refractivity contribution in [3.63, 3.8) is 0 Å². The van der Waals surface area contributed by atoms with E-state index < -0.39 is 0 Å². The number of rotatable bonds is 1. The molecule has 1 N–H and O–H groups in total. The number of morpholine rings is 1. The maximum absolute atomic E-state index is 5.26. The quantitative estimate of drug-likeness (QED) is 0.643. The van der Waals surface area contributed by atoms with Crippen LogP contribution in [-0.4, -0.2) is 29.9 Å². The second-order valence-corrected chi connectivity index (χ2v) is 2.75. The monoisotopic (exact) mass is 169 g/mol. The highest BCUT2D eigenvalue weighted by atomic mass is 16.5. The molecular weight excluding hydrogens is 158 g/mol. The van der Waals surface area contributed by atoms with E-state index in [2.05, 4.69) is 15.5 Å². The Morgan fingerprint density at radius 2 is 2.50 bits per heavy atom. The van der Waals surface area contributed by atoms with Crippen molar-refractivity contribution in [3.8, 4) is 0 Å². The Labute approximate surface area is 70.1 Å². The summed E-state index contributed by atoms with van der Waals surface area (Å²) < 4.78 is 10.1. The first kappa shape index (κ1) is 7.70. The molecule has 0 saturated carbocycles. The first-order valence-electron chi connectivity index (χ1n) is 3.97. The zero-order chi connectivity index (χ0) is 8.39. The largest absolute Gasteiger partial charge is 0.378 e. The predicted octanol–water partition coefficient (Wildman–Crippen LogP) is 0.0389. The van der Waals surface area contributed by atoms with E-state index in [4.69, 9.17) is 9.26 Å². The number of ether oxygens (including phenoxy) is 1. The van der Waals surface area contributed by atoms with E-state index in [9.17, 15) is 0 Å². The summed E-state index contributed by atoms with van der Waals surface area (Å²) in [6.07, 6.45) is 0. The fraction of sp³-hybridized carbons (Fsp3) is 0.714. The van der Waals surface area contributed by atoms with Crippen LogP contribution in [0.25, 0.3) is 0 Å². The third-order valence-electron chi connectivity index (χ3n) is 1.78. The minimum Gasteiger partial charge on any atom is -0.378 e. The van der Waals surface area contributed by atoms with E-state index in [-0.39, 0.29) is 6.04 Å². The molecule has 2 rings (SSSR count). The molecule has 5 nitrogen and oxygen atoms in total. The van der Waals surface area contributed by atoms with Gasteiger partial charge in [0.2, 0.25) is 5.89 Å². The SMILES string of the molecule is Cc1nc([C@H]2COCCN2)no1. The fourth-order valence-corrected chi connectivity index (χ4v) is 1.19. The fourth-order valence-electron chi connectivity index (χ4n) is 1.19. The molecular formula is C7H11N3O2. The first-order valence-corrected chi connectivity index (χ1v) is 3.97. The summed E-state index contributed by atoms with van der Waals surface area (Å²) in [5.74, 6) is 1.28. The van der Waals surface area contributed by atoms with E-state index >= 15 is 0 Å². The standard InChI is InChI=1S/C7H11N3O2/c1-5-9-7(10-12-5)6-4-11-3-2-8-6/h6,8H,2-4H2,1H3/t6-/m1/s1. The molecule has 1 aliphatic rings. The molecule has 1 saturated heterocycles. The number of nitrogens with one attached hydrogen (secondary N) is 1. The van der Waals surface area contributed by atoms with Crippen molar-refractivity contribution in [2.45, 2.75) is 13.0 Å². The molecule has 0 amide bonds. The highest BCUT2D eigenvalue weighted by Gasteiger charge is 2.19. The van der Waals surface area contributed by atoms with Crippen molar-refractivity contribution < 1.29 is 9.26 Å². The number of aryl methyl sites for hydroxylation is 1. The zero-order valence-electron chi connectivity index (χ0n) is 6.91. The second kappa shape index (κ2) is 3.20. The molecule has 1 fully saturated rings. The van der Waals surface area contributed by atoms with Crippen molar-refractivity contribution in [1.29, 1.82) is 0 Å². The summed E-state index contributed by atoms with van der Waals surface area (Å²) in [6, 6.07) is 0.0937. The van der Waals surface area contributed by atoms with Gasteiger partial charge in [-0.15, -0.1) is 0 Å². The van der Waals surface area contributed by atoms with Gasteiger partial charge in [-0.2, -0.15) is 4.98 Å². The predicted molar refractivity (Wildman–Crippen MR) is 40.6 cm³/mol. The molecule has 1 aliphatic heterocycles. The third kappa shape index (κ3) is 1.46. The van der Waals surface area contributed by atoms with Gasteiger partial charge < -0.3 is 14.6 Å². The van der Waals surface area contributed by atoms with Gasteiger partial charge in [0.05, 0.1) is 19.3 Å². The van der Waals surface area contributed by atoms with Crippen LogP contribution in [0.1, 0.15) is 17.8 Å². The summed E-state index contributed by atoms with van der Waals surface area (Å²) in [4.78, 5) is 4.11. The Bertz CT molecular complexity index is 255. The van der Waals surface area contributed by atoms with Crippen molar-refractivity contribution in [2.24, 2.45) is 0 Å². The van der Waals surface area contributed by atoms with Gasteiger partial charge in [-0.3, -0.25) is 0 Å². The summed E-state index contributed by atoms with van der Waals surface area (Å²) in [6.45, 7) is 4.00. The smallest absolute Gasteiger partial charge is 0.223 e. The lowest BCUT2D eigenvalue weighted by Gasteiger charge is -2.20. The maximum atomic E-state index is 5.26. The van der Waals surface area contributed by atoms with Gasteiger partial charge in [-0.1, -0.05) is 5.16 Å². The summed E-state index contributed by atoms with van der Waals surface area (Å²) in [7, 11) is 0. The minimum atomic E-state index is 0.0937. The molecule has 5 heteroatoms. The van der Waals surface area contributed by atoms with Gasteiger partial charge in [-0.05, 0) is 0 Å². The molecule has 1 atom stereocenters. The maximum Gasteiger partial charge on any atom is 0.223 e. The Balaban J connectivity index is 2.08. The van der Waals surface area contributed by atoms with Crippen LogP contribution in [0.3, 0.4) is 0 Å². The summed E-state index contributed by atoms with van der Waals surface area (Å²) in [5, 5.41) is 7.05. The van der Waals surface area contributed by atoms with Crippen LogP contribution in [0.4, 0.5) is 0 Å². The molecule has 0 bridgehead atoms. The lowest BCUT2D eigenvalue weighted by atomic mass is 10.3. The Morgan fingerprint density at radius 1 is 1.58 bits per heavy atom. The van der Waals surface area contributed by atoms with Crippen LogP contribution >= 0.6 is 0 Å². The van der Waals surface area contributed by atoms with Crippen LogP contribution in [0.15, 0.2) is 4.52 Å². The molecule has 12 heavy (non-hydrogen) atoms. The lowest BCUT2D eigenvalue weighted by molar-refractivity contribution is 0.0734. The van der Waals surface area contributed by atoms with Gasteiger partial charge in [0.1, 0.15) is 0 Å². The van der Waals surface area contributed by atoms with Crippen molar-refractivity contribution in [2.75, 3.05) is 19.8 Å². The van der Waals surface area contributed by atoms with Gasteiger partial charge in [0, 0.05) is 13.5 Å². The number of nitrogens with zero attached hydrogens (tertiary/aromatic N) is 2. The highest BCUT2D eigenvalue weighted by molar-refractivity contribution is 4.94. The van der Waals surface area contributed by atoms with Crippen molar-refractivity contribution in [3.05, 3.63) is 11.7 Å². The molecule has 2 heterocycles. The van der Waals surface area contributed by atoms with E-state index in [1.54, 1.807) is 6.92 Å². The molecule has 0 spiro atoms. The van der Waals surface area contributed by atoms with Gasteiger partial charge in [0.15, 0.2) is 5.82 Å². The van der Waals surface area contributed by atoms with Crippen molar-refractivity contribution >= 4 is 0 Å². The van der Waals surface area contributed by atoms with Crippen LogP contribution in [0.5, 0.6) is 0 Å². The van der Waals surface area contributed by atoms with E-state index in [1.807, 2.05) is 0 Å². The molecule has 66 valence electrons. The van der Waals surface area contributed by atoms with E-state index in [1.165, 1.54) is 0 Å². The molecule has 0 aliphatic carbocycles. The van der Waals surface area contributed by atoms with Gasteiger partial charge in [0.25, 0.3) is 0 Å². The Morgan fingerprint density at radius 3 is 3.08 bits per heavy atom. The van der Waals surface area contributed by atoms with Crippen molar-refractivity contribution in [1.82, 2.24) is 15.5 Å². The van der Waals surface area contributed by atoms with E-state index in [0.717, 1.165) is 13.2 Å². The van der Waals surface area contributed by atoms with E-state index in [0.29, 0.717) is 18.3 Å². The van der Waals surface area contributed by atoms with Crippen LogP contribution in [-0.2, 0) is 4.74 Å². The number of hydrogen-bond donors (Lipinski definition) is 1. The topological polar surface area (TPSA) is 60.2 Å². The number of aromatic nitrogens is 2. The van der Waals surface area contributed by atoms with Gasteiger partial charge >= 0.3 is 0 Å². The van der Waals surface area contributed by atoms with Crippen LogP contribution in [0.2, 0.25) is 0 Å². The first-order chi connectivity index (χ1) is 5.86. The van der Waals surface area contributed by atoms with Crippen LogP contribution < -0.4 is 5.32 Å².